The van der Waals surface area contributed by atoms with E-state index in [4.69, 9.17) is 14.6 Å². The fourth-order valence-electron chi connectivity index (χ4n) is 1.57. The molecular weight excluding hydrogens is 266 g/mol. The standard InChI is InChI=1S/C13H17NO6/c1-8(2)19-4-5-20-12-7-10(13(15)16)6-11(9(12)3)14(17)18/h6-8H,4-5H2,1-3H3,(H,15,16). The van der Waals surface area contributed by atoms with Gasteiger partial charge < -0.3 is 14.6 Å². The van der Waals surface area contributed by atoms with Crippen LogP contribution < -0.4 is 4.74 Å². The molecule has 20 heavy (non-hydrogen) atoms. The van der Waals surface area contributed by atoms with Crippen LogP contribution in [-0.2, 0) is 4.74 Å². The lowest BCUT2D eigenvalue weighted by atomic mass is 10.1. The van der Waals surface area contributed by atoms with Gasteiger partial charge in [-0.2, -0.15) is 0 Å². The molecule has 0 aliphatic carbocycles. The third-order valence-corrected chi connectivity index (χ3v) is 2.57. The van der Waals surface area contributed by atoms with E-state index in [0.717, 1.165) is 6.07 Å². The van der Waals surface area contributed by atoms with Crippen molar-refractivity contribution in [2.45, 2.75) is 26.9 Å². The first-order valence-corrected chi connectivity index (χ1v) is 6.09. The second-order valence-corrected chi connectivity index (χ2v) is 4.45. The van der Waals surface area contributed by atoms with Crippen LogP contribution in [-0.4, -0.2) is 35.3 Å². The van der Waals surface area contributed by atoms with Crippen LogP contribution in [0.4, 0.5) is 5.69 Å². The zero-order valence-corrected chi connectivity index (χ0v) is 11.6. The van der Waals surface area contributed by atoms with Gasteiger partial charge in [0.2, 0.25) is 0 Å². The van der Waals surface area contributed by atoms with E-state index in [-0.39, 0.29) is 29.7 Å². The van der Waals surface area contributed by atoms with Gasteiger partial charge in [-0.15, -0.1) is 0 Å². The van der Waals surface area contributed by atoms with Crippen LogP contribution in [0.1, 0.15) is 29.8 Å². The first-order chi connectivity index (χ1) is 9.32. The van der Waals surface area contributed by atoms with Crippen LogP contribution in [0, 0.1) is 17.0 Å². The number of nitro benzene ring substituents is 1. The number of carboxylic acids is 1. The second kappa shape index (κ2) is 6.85. The van der Waals surface area contributed by atoms with Crippen LogP contribution in [0.15, 0.2) is 12.1 Å². The van der Waals surface area contributed by atoms with Crippen molar-refractivity contribution in [2.24, 2.45) is 0 Å². The van der Waals surface area contributed by atoms with Crippen LogP contribution in [0.5, 0.6) is 5.75 Å². The van der Waals surface area contributed by atoms with Gasteiger partial charge in [-0.25, -0.2) is 4.79 Å². The van der Waals surface area contributed by atoms with Gasteiger partial charge in [0.25, 0.3) is 5.69 Å². The van der Waals surface area contributed by atoms with Gasteiger partial charge in [-0.1, -0.05) is 0 Å². The van der Waals surface area contributed by atoms with Gasteiger partial charge >= 0.3 is 5.97 Å². The Hall–Kier alpha value is -2.15. The molecule has 1 N–H and O–H groups in total. The topological polar surface area (TPSA) is 98.9 Å². The molecule has 1 aromatic rings. The number of carbonyl (C=O) groups is 1. The Labute approximate surface area is 116 Å². The van der Waals surface area contributed by atoms with E-state index in [2.05, 4.69) is 0 Å². The minimum atomic E-state index is -1.24. The lowest BCUT2D eigenvalue weighted by Crippen LogP contribution is -2.12. The number of hydrogen-bond acceptors (Lipinski definition) is 5. The first kappa shape index (κ1) is 15.9. The van der Waals surface area contributed by atoms with Crippen molar-refractivity contribution in [1.29, 1.82) is 0 Å². The summed E-state index contributed by atoms with van der Waals surface area (Å²) in [5, 5.41) is 19.8. The average molecular weight is 283 g/mol. The fraction of sp³-hybridized carbons (Fsp3) is 0.462. The summed E-state index contributed by atoms with van der Waals surface area (Å²) < 4.78 is 10.7. The quantitative estimate of drug-likeness (QED) is 0.468. The highest BCUT2D eigenvalue weighted by molar-refractivity contribution is 5.89. The van der Waals surface area contributed by atoms with E-state index in [1.807, 2.05) is 13.8 Å². The van der Waals surface area contributed by atoms with Crippen LogP contribution >= 0.6 is 0 Å². The Bertz CT molecular complexity index is 512. The van der Waals surface area contributed by atoms with E-state index in [0.29, 0.717) is 12.2 Å². The highest BCUT2D eigenvalue weighted by Gasteiger charge is 2.19. The number of nitro groups is 1. The van der Waals surface area contributed by atoms with Crippen LogP contribution in [0.25, 0.3) is 0 Å². The van der Waals surface area contributed by atoms with Gasteiger partial charge in [0.1, 0.15) is 12.4 Å². The van der Waals surface area contributed by atoms with Crippen LogP contribution in [0.2, 0.25) is 0 Å². The minimum Gasteiger partial charge on any atom is -0.491 e. The molecule has 0 aromatic heterocycles. The van der Waals surface area contributed by atoms with Gasteiger partial charge in [-0.05, 0) is 26.8 Å². The molecule has 0 aliphatic heterocycles. The summed E-state index contributed by atoms with van der Waals surface area (Å²) in [5.41, 5.74) is -0.156. The molecule has 0 saturated heterocycles. The maximum Gasteiger partial charge on any atom is 0.336 e. The molecule has 7 nitrogen and oxygen atoms in total. The molecule has 1 rings (SSSR count). The average Bonchev–Trinajstić information content (AvgIpc) is 2.35. The molecule has 0 bridgehead atoms. The molecule has 0 saturated carbocycles. The zero-order valence-electron chi connectivity index (χ0n) is 11.6. The van der Waals surface area contributed by atoms with Crippen molar-refractivity contribution in [1.82, 2.24) is 0 Å². The van der Waals surface area contributed by atoms with Crippen molar-refractivity contribution in [3.63, 3.8) is 0 Å². The van der Waals surface area contributed by atoms with Gasteiger partial charge in [0.15, 0.2) is 0 Å². The van der Waals surface area contributed by atoms with E-state index < -0.39 is 10.9 Å². The highest BCUT2D eigenvalue weighted by Crippen LogP contribution is 2.29. The molecule has 0 unspecified atom stereocenters. The van der Waals surface area contributed by atoms with Crippen molar-refractivity contribution in [2.75, 3.05) is 13.2 Å². The predicted octanol–water partition coefficient (Wildman–Crippen LogP) is 2.41. The predicted molar refractivity (Wildman–Crippen MR) is 71.4 cm³/mol. The Kier molecular flexibility index (Phi) is 5.45. The van der Waals surface area contributed by atoms with Crippen molar-refractivity contribution >= 4 is 11.7 Å². The summed E-state index contributed by atoms with van der Waals surface area (Å²) in [4.78, 5) is 21.2. The van der Waals surface area contributed by atoms with Crippen molar-refractivity contribution in [3.8, 4) is 5.75 Å². The van der Waals surface area contributed by atoms with Crippen molar-refractivity contribution < 1.29 is 24.3 Å². The van der Waals surface area contributed by atoms with E-state index >= 15 is 0 Å². The molecule has 0 radical (unpaired) electrons. The number of nitrogens with zero attached hydrogens (tertiary/aromatic N) is 1. The largest absolute Gasteiger partial charge is 0.491 e. The molecule has 0 spiro atoms. The summed E-state index contributed by atoms with van der Waals surface area (Å²) in [7, 11) is 0. The highest BCUT2D eigenvalue weighted by atomic mass is 16.6. The third kappa shape index (κ3) is 4.20. The maximum absolute atomic E-state index is 11.0. The monoisotopic (exact) mass is 283 g/mol. The van der Waals surface area contributed by atoms with E-state index in [1.165, 1.54) is 13.0 Å². The van der Waals surface area contributed by atoms with Crippen LogP contribution in [0.3, 0.4) is 0 Å². The molecule has 7 heteroatoms. The molecule has 0 amide bonds. The minimum absolute atomic E-state index is 0.0550. The zero-order chi connectivity index (χ0) is 15.3. The van der Waals surface area contributed by atoms with E-state index in [1.54, 1.807) is 0 Å². The van der Waals surface area contributed by atoms with Gasteiger partial charge in [-0.3, -0.25) is 10.1 Å². The summed E-state index contributed by atoms with van der Waals surface area (Å²) in [6.45, 7) is 5.78. The van der Waals surface area contributed by atoms with Gasteiger partial charge in [0.05, 0.1) is 28.8 Å². The first-order valence-electron chi connectivity index (χ1n) is 6.09. The maximum atomic E-state index is 11.0. The Morgan fingerprint density at radius 1 is 1.40 bits per heavy atom. The second-order valence-electron chi connectivity index (χ2n) is 4.45. The molecule has 110 valence electrons. The summed E-state index contributed by atoms with van der Waals surface area (Å²) in [5.74, 6) is -1.06. The molecule has 0 aliphatic rings. The molecule has 0 fully saturated rings. The summed E-state index contributed by atoms with van der Waals surface area (Å²) in [6, 6.07) is 2.30. The van der Waals surface area contributed by atoms with Crippen molar-refractivity contribution in [3.05, 3.63) is 33.4 Å². The molecule has 1 aromatic carbocycles. The number of benzene rings is 1. The normalized spacial score (nSPS) is 10.6. The number of aromatic carboxylic acids is 1. The number of hydrogen-bond donors (Lipinski definition) is 1. The Balaban J connectivity index is 2.93. The fourth-order valence-corrected chi connectivity index (χ4v) is 1.57. The number of ether oxygens (including phenoxy) is 2. The summed E-state index contributed by atoms with van der Waals surface area (Å²) >= 11 is 0. The summed E-state index contributed by atoms with van der Waals surface area (Å²) in [6.07, 6.45) is 0.0550. The molecule has 0 atom stereocenters. The van der Waals surface area contributed by atoms with E-state index in [9.17, 15) is 14.9 Å². The third-order valence-electron chi connectivity index (χ3n) is 2.57. The molecule has 0 heterocycles. The van der Waals surface area contributed by atoms with Gasteiger partial charge in [0, 0.05) is 6.07 Å². The number of rotatable bonds is 7. The lowest BCUT2D eigenvalue weighted by molar-refractivity contribution is -0.385. The SMILES string of the molecule is Cc1c(OCCOC(C)C)cc(C(=O)O)cc1[N+](=O)[O-]. The Morgan fingerprint density at radius 3 is 2.55 bits per heavy atom. The number of carboxylic acid groups (broad SMARTS) is 1. The molecular formula is C13H17NO6. The smallest absolute Gasteiger partial charge is 0.336 e. The Morgan fingerprint density at radius 2 is 2.05 bits per heavy atom. The lowest BCUT2D eigenvalue weighted by Gasteiger charge is -2.12.